The molecule has 0 spiro atoms. The molecule has 1 aromatic carbocycles. The van der Waals surface area contributed by atoms with Gasteiger partial charge in [0.25, 0.3) is 0 Å². The van der Waals surface area contributed by atoms with E-state index in [1.807, 2.05) is 12.3 Å². The molecule has 1 aliphatic carbocycles. The second kappa shape index (κ2) is 9.02. The van der Waals surface area contributed by atoms with Crippen LogP contribution in [-0.2, 0) is 15.9 Å². The van der Waals surface area contributed by atoms with E-state index in [9.17, 15) is 4.39 Å². The van der Waals surface area contributed by atoms with Crippen molar-refractivity contribution in [2.45, 2.75) is 25.7 Å². The number of piperazine rings is 1. The van der Waals surface area contributed by atoms with E-state index in [-0.39, 0.29) is 5.82 Å². The molecule has 0 unspecified atom stereocenters. The number of allylic oxidation sites excluding steroid dienone is 4. The molecule has 1 fully saturated rings. The summed E-state index contributed by atoms with van der Waals surface area (Å²) in [6.07, 6.45) is 15.8. The van der Waals surface area contributed by atoms with Gasteiger partial charge in [-0.3, -0.25) is 4.90 Å². The quantitative estimate of drug-likeness (QED) is 0.726. The normalized spacial score (nSPS) is 19.5. The maximum Gasteiger partial charge on any atom is 0.231 e. The molecular weight excluding hydrogens is 393 g/mol. The summed E-state index contributed by atoms with van der Waals surface area (Å²) in [7, 11) is 0. The van der Waals surface area contributed by atoms with Crippen molar-refractivity contribution < 1.29 is 13.9 Å². The van der Waals surface area contributed by atoms with Gasteiger partial charge in [0.1, 0.15) is 12.1 Å². The molecule has 31 heavy (non-hydrogen) atoms. The van der Waals surface area contributed by atoms with Crippen LogP contribution in [0.4, 0.5) is 4.39 Å². The minimum atomic E-state index is -0.183. The summed E-state index contributed by atoms with van der Waals surface area (Å²) in [6, 6.07) is 5.27. The van der Waals surface area contributed by atoms with Gasteiger partial charge in [-0.1, -0.05) is 30.4 Å². The Kier molecular flexibility index (Phi) is 5.80. The van der Waals surface area contributed by atoms with Gasteiger partial charge >= 0.3 is 0 Å². The number of aryl methyl sites for hydroxylation is 1. The number of ether oxygens (including phenoxy) is 2. The van der Waals surface area contributed by atoms with Crippen molar-refractivity contribution in [1.82, 2.24) is 14.8 Å². The standard InChI is InChI=1S/C25H28FN3O2/c26-22-10-4-9-21-20(16-27-25(21)22)8-5-11-28-12-14-29(15-13-28)24-18-30-23(17-31-24)19-6-2-1-3-7-19/h1-2,4,6,9-10,16-18,27H,3,5,7-8,11-15H2. The van der Waals surface area contributed by atoms with E-state index in [1.165, 1.54) is 17.2 Å². The fraction of sp³-hybridized carbons (Fsp3) is 0.360. The molecule has 6 heteroatoms. The highest BCUT2D eigenvalue weighted by atomic mass is 19.1. The van der Waals surface area contributed by atoms with E-state index in [2.05, 4.69) is 33.0 Å². The molecule has 1 saturated heterocycles. The molecule has 5 nitrogen and oxygen atoms in total. The van der Waals surface area contributed by atoms with Crippen LogP contribution in [0.3, 0.4) is 0 Å². The van der Waals surface area contributed by atoms with Gasteiger partial charge in [0.05, 0.1) is 5.52 Å². The molecule has 0 saturated carbocycles. The average molecular weight is 422 g/mol. The minimum absolute atomic E-state index is 0.183. The van der Waals surface area contributed by atoms with Crippen LogP contribution in [0.15, 0.2) is 72.4 Å². The number of H-pyrrole nitrogens is 1. The van der Waals surface area contributed by atoms with E-state index < -0.39 is 0 Å². The van der Waals surface area contributed by atoms with E-state index >= 15 is 0 Å². The maximum atomic E-state index is 13.8. The highest BCUT2D eigenvalue weighted by Gasteiger charge is 2.22. The first-order chi connectivity index (χ1) is 15.3. The summed E-state index contributed by atoms with van der Waals surface area (Å²) in [5.74, 6) is 1.41. The third-order valence-electron chi connectivity index (χ3n) is 6.26. The van der Waals surface area contributed by atoms with Gasteiger partial charge < -0.3 is 19.4 Å². The molecule has 5 rings (SSSR count). The molecule has 3 heterocycles. The van der Waals surface area contributed by atoms with Gasteiger partial charge in [-0.05, 0) is 49.4 Å². The molecule has 0 amide bonds. The Bertz CT molecular complexity index is 1060. The van der Waals surface area contributed by atoms with Crippen LogP contribution >= 0.6 is 0 Å². The highest BCUT2D eigenvalue weighted by Crippen LogP contribution is 2.26. The zero-order valence-electron chi connectivity index (χ0n) is 17.6. The Labute approximate surface area is 182 Å². The topological polar surface area (TPSA) is 40.7 Å². The third kappa shape index (κ3) is 4.39. The van der Waals surface area contributed by atoms with Crippen molar-refractivity contribution in [3.8, 4) is 0 Å². The lowest BCUT2D eigenvalue weighted by Gasteiger charge is -2.36. The number of aromatic nitrogens is 1. The summed E-state index contributed by atoms with van der Waals surface area (Å²) in [4.78, 5) is 7.79. The molecule has 162 valence electrons. The van der Waals surface area contributed by atoms with Crippen molar-refractivity contribution in [2.75, 3.05) is 32.7 Å². The maximum absolute atomic E-state index is 13.8. The van der Waals surface area contributed by atoms with Crippen LogP contribution in [-0.4, -0.2) is 47.5 Å². The Balaban J connectivity index is 1.07. The predicted octanol–water partition coefficient (Wildman–Crippen LogP) is 4.82. The lowest BCUT2D eigenvalue weighted by atomic mass is 10.0. The van der Waals surface area contributed by atoms with Crippen LogP contribution in [0.2, 0.25) is 0 Å². The smallest absolute Gasteiger partial charge is 0.231 e. The average Bonchev–Trinajstić information content (AvgIpc) is 3.25. The van der Waals surface area contributed by atoms with Gasteiger partial charge in [0.15, 0.2) is 12.0 Å². The summed E-state index contributed by atoms with van der Waals surface area (Å²) in [6.45, 7) is 4.87. The van der Waals surface area contributed by atoms with Gasteiger partial charge in [-0.2, -0.15) is 0 Å². The van der Waals surface area contributed by atoms with Gasteiger partial charge in [-0.25, -0.2) is 4.39 Å². The van der Waals surface area contributed by atoms with Gasteiger partial charge in [0, 0.05) is 37.8 Å². The number of halogens is 1. The van der Waals surface area contributed by atoms with E-state index in [1.54, 1.807) is 18.6 Å². The van der Waals surface area contributed by atoms with Crippen LogP contribution in [0.5, 0.6) is 0 Å². The van der Waals surface area contributed by atoms with Crippen LogP contribution < -0.4 is 0 Å². The monoisotopic (exact) mass is 421 g/mol. The van der Waals surface area contributed by atoms with Crippen molar-refractivity contribution in [3.63, 3.8) is 0 Å². The van der Waals surface area contributed by atoms with E-state index in [0.29, 0.717) is 5.52 Å². The second-order valence-electron chi connectivity index (χ2n) is 8.24. The zero-order chi connectivity index (χ0) is 21.0. The molecule has 2 aromatic rings. The molecule has 1 aromatic heterocycles. The summed E-state index contributed by atoms with van der Waals surface area (Å²) < 4.78 is 25.6. The number of hydrogen-bond acceptors (Lipinski definition) is 4. The number of fused-ring (bicyclic) bond motifs is 1. The SMILES string of the molecule is Fc1cccc2c(CCCN3CCN(C4=COC(C5=CC=CCC5)=CO4)CC3)c[nH]c12. The summed E-state index contributed by atoms with van der Waals surface area (Å²) >= 11 is 0. The molecule has 2 aliphatic heterocycles. The van der Waals surface area contributed by atoms with Crippen LogP contribution in [0, 0.1) is 5.82 Å². The molecule has 0 atom stereocenters. The van der Waals surface area contributed by atoms with E-state index in [0.717, 1.165) is 75.4 Å². The van der Waals surface area contributed by atoms with Crippen molar-refractivity contribution in [3.05, 3.63) is 83.7 Å². The third-order valence-corrected chi connectivity index (χ3v) is 6.26. The highest BCUT2D eigenvalue weighted by molar-refractivity contribution is 5.83. The van der Waals surface area contributed by atoms with Gasteiger partial charge in [-0.15, -0.1) is 0 Å². The Morgan fingerprint density at radius 2 is 1.97 bits per heavy atom. The summed E-state index contributed by atoms with van der Waals surface area (Å²) in [5, 5.41) is 0.999. The second-order valence-corrected chi connectivity index (χ2v) is 8.24. The van der Waals surface area contributed by atoms with Crippen LogP contribution in [0.25, 0.3) is 10.9 Å². The number of para-hydroxylation sites is 1. The predicted molar refractivity (Wildman–Crippen MR) is 119 cm³/mol. The Morgan fingerprint density at radius 3 is 2.74 bits per heavy atom. The fourth-order valence-corrected chi connectivity index (χ4v) is 4.46. The molecule has 0 bridgehead atoms. The molecule has 3 aliphatic rings. The van der Waals surface area contributed by atoms with Gasteiger partial charge in [0.2, 0.25) is 5.88 Å². The molecular formula is C25H28FN3O2. The number of nitrogens with zero attached hydrogens (tertiary/aromatic N) is 2. The first-order valence-corrected chi connectivity index (χ1v) is 11.1. The number of nitrogens with one attached hydrogen (secondary N) is 1. The zero-order valence-corrected chi connectivity index (χ0v) is 17.6. The van der Waals surface area contributed by atoms with Crippen LogP contribution in [0.1, 0.15) is 24.8 Å². The lowest BCUT2D eigenvalue weighted by molar-refractivity contribution is 0.0842. The number of aromatic amines is 1. The van der Waals surface area contributed by atoms with Crippen molar-refractivity contribution in [2.24, 2.45) is 0 Å². The number of hydrogen-bond donors (Lipinski definition) is 1. The molecule has 0 radical (unpaired) electrons. The number of benzene rings is 1. The summed E-state index contributed by atoms with van der Waals surface area (Å²) in [5.41, 5.74) is 2.99. The minimum Gasteiger partial charge on any atom is -0.456 e. The first-order valence-electron chi connectivity index (χ1n) is 11.1. The Hall–Kier alpha value is -2.99. The largest absolute Gasteiger partial charge is 0.456 e. The fourth-order valence-electron chi connectivity index (χ4n) is 4.46. The van der Waals surface area contributed by atoms with Crippen molar-refractivity contribution in [1.29, 1.82) is 0 Å². The van der Waals surface area contributed by atoms with Crippen molar-refractivity contribution >= 4 is 10.9 Å². The first kappa shape index (κ1) is 19.9. The molecule has 1 N–H and O–H groups in total. The number of rotatable bonds is 6. The Morgan fingerprint density at radius 1 is 1.06 bits per heavy atom. The van der Waals surface area contributed by atoms with E-state index in [4.69, 9.17) is 9.47 Å². The lowest BCUT2D eigenvalue weighted by Crippen LogP contribution is -2.46.